The molecule has 1 N–H and O–H groups in total. The Kier molecular flexibility index (Phi) is 8.00. The van der Waals surface area contributed by atoms with Gasteiger partial charge in [-0.2, -0.15) is 12.7 Å². The lowest BCUT2D eigenvalue weighted by molar-refractivity contribution is 0.0171. The van der Waals surface area contributed by atoms with Gasteiger partial charge in [-0.3, -0.25) is 4.90 Å². The zero-order valence-electron chi connectivity index (χ0n) is 17.1. The molecule has 2 aliphatic heterocycles. The Balaban J connectivity index is 1.62. The van der Waals surface area contributed by atoms with Crippen molar-refractivity contribution < 1.29 is 27.1 Å². The number of amides is 1. The van der Waals surface area contributed by atoms with E-state index in [-0.39, 0.29) is 51.2 Å². The van der Waals surface area contributed by atoms with Crippen LogP contribution in [0.15, 0.2) is 24.3 Å². The molecule has 1 amide bonds. The third-order valence-corrected chi connectivity index (χ3v) is 6.88. The van der Waals surface area contributed by atoms with Gasteiger partial charge in [0.15, 0.2) is 0 Å². The van der Waals surface area contributed by atoms with E-state index in [1.54, 1.807) is 19.1 Å². The Morgan fingerprint density at radius 2 is 1.77 bits per heavy atom. The molecule has 1 unspecified atom stereocenters. The van der Waals surface area contributed by atoms with Crippen LogP contribution in [0.5, 0.6) is 0 Å². The van der Waals surface area contributed by atoms with E-state index >= 15 is 0 Å². The lowest BCUT2D eigenvalue weighted by atomic mass is 10.0. The molecular formula is C19H29FN4O5S. The third-order valence-electron chi connectivity index (χ3n) is 5.30. The summed E-state index contributed by atoms with van der Waals surface area (Å²) >= 11 is 0. The number of rotatable bonds is 7. The highest BCUT2D eigenvalue weighted by molar-refractivity contribution is 7.87. The molecule has 168 valence electrons. The number of benzene rings is 1. The smallest absolute Gasteiger partial charge is 0.409 e. The van der Waals surface area contributed by atoms with Crippen molar-refractivity contribution in [2.24, 2.45) is 0 Å². The highest BCUT2D eigenvalue weighted by Crippen LogP contribution is 2.22. The van der Waals surface area contributed by atoms with Gasteiger partial charge in [0, 0.05) is 51.9 Å². The van der Waals surface area contributed by atoms with E-state index in [0.29, 0.717) is 26.3 Å². The molecule has 2 heterocycles. The lowest BCUT2D eigenvalue weighted by Gasteiger charge is -2.36. The largest absolute Gasteiger partial charge is 0.450 e. The van der Waals surface area contributed by atoms with E-state index in [1.165, 1.54) is 21.3 Å². The Morgan fingerprint density at radius 3 is 2.37 bits per heavy atom. The van der Waals surface area contributed by atoms with Crippen LogP contribution in [-0.4, -0.2) is 94.3 Å². The molecule has 30 heavy (non-hydrogen) atoms. The molecule has 2 aliphatic rings. The van der Waals surface area contributed by atoms with Gasteiger partial charge < -0.3 is 14.4 Å². The second-order valence-electron chi connectivity index (χ2n) is 7.15. The fraction of sp³-hybridized carbons (Fsp3) is 0.632. The van der Waals surface area contributed by atoms with Crippen LogP contribution in [0.3, 0.4) is 0 Å². The number of halogens is 1. The average Bonchev–Trinajstić information content (AvgIpc) is 2.76. The molecule has 3 rings (SSSR count). The first-order chi connectivity index (χ1) is 14.4. The minimum Gasteiger partial charge on any atom is -0.450 e. The highest BCUT2D eigenvalue weighted by Gasteiger charge is 2.31. The number of piperazine rings is 1. The summed E-state index contributed by atoms with van der Waals surface area (Å²) in [5, 5.41) is 0. The third kappa shape index (κ3) is 5.88. The van der Waals surface area contributed by atoms with E-state index in [4.69, 9.17) is 9.47 Å². The van der Waals surface area contributed by atoms with Gasteiger partial charge in [0.05, 0.1) is 19.8 Å². The first-order valence-corrected chi connectivity index (χ1v) is 11.6. The van der Waals surface area contributed by atoms with Crippen LogP contribution in [0.25, 0.3) is 0 Å². The zero-order chi connectivity index (χ0) is 21.6. The Morgan fingerprint density at radius 1 is 1.13 bits per heavy atom. The topological polar surface area (TPSA) is 91.4 Å². The highest BCUT2D eigenvalue weighted by atomic mass is 32.2. The predicted octanol–water partition coefficient (Wildman–Crippen LogP) is 0.808. The fourth-order valence-corrected chi connectivity index (χ4v) is 4.83. The molecule has 0 spiro atoms. The van der Waals surface area contributed by atoms with Crippen LogP contribution in [0.1, 0.15) is 18.5 Å². The van der Waals surface area contributed by atoms with E-state index in [1.807, 2.05) is 0 Å². The van der Waals surface area contributed by atoms with Crippen molar-refractivity contribution in [1.82, 2.24) is 18.8 Å². The second-order valence-corrected chi connectivity index (χ2v) is 8.91. The van der Waals surface area contributed by atoms with E-state index < -0.39 is 16.3 Å². The molecule has 0 aromatic heterocycles. The molecule has 2 fully saturated rings. The molecule has 2 saturated heterocycles. The summed E-state index contributed by atoms with van der Waals surface area (Å²) in [5.74, 6) is -0.334. The van der Waals surface area contributed by atoms with Gasteiger partial charge in [0.1, 0.15) is 5.82 Å². The van der Waals surface area contributed by atoms with Crippen molar-refractivity contribution in [1.29, 1.82) is 0 Å². The summed E-state index contributed by atoms with van der Waals surface area (Å²) in [6.45, 7) is 5.62. The summed E-state index contributed by atoms with van der Waals surface area (Å²) in [6, 6.07) is 5.90. The number of hydrogen-bond acceptors (Lipinski definition) is 6. The quantitative estimate of drug-likeness (QED) is 0.669. The van der Waals surface area contributed by atoms with Crippen molar-refractivity contribution in [2.75, 3.05) is 65.6 Å². The first kappa shape index (κ1) is 22.9. The number of carbonyl (C=O) groups is 1. The van der Waals surface area contributed by atoms with E-state index in [9.17, 15) is 17.6 Å². The SMILES string of the molecule is CCOC(=O)N1CCN(S(=O)(=O)NCC(c2ccc(F)cc2)N2CCOCC2)CC1. The number of carbonyl (C=O) groups excluding carboxylic acids is 1. The van der Waals surface area contributed by atoms with Crippen LogP contribution < -0.4 is 4.72 Å². The summed E-state index contributed by atoms with van der Waals surface area (Å²) in [7, 11) is -3.72. The van der Waals surface area contributed by atoms with Gasteiger partial charge in [-0.1, -0.05) is 12.1 Å². The number of morpholine rings is 1. The van der Waals surface area contributed by atoms with Crippen molar-refractivity contribution in [3.05, 3.63) is 35.6 Å². The van der Waals surface area contributed by atoms with Crippen molar-refractivity contribution in [2.45, 2.75) is 13.0 Å². The first-order valence-electron chi connectivity index (χ1n) is 10.1. The summed E-state index contributed by atoms with van der Waals surface area (Å²) in [4.78, 5) is 15.4. The molecule has 1 atom stereocenters. The zero-order valence-corrected chi connectivity index (χ0v) is 17.9. The van der Waals surface area contributed by atoms with Gasteiger partial charge in [0.2, 0.25) is 0 Å². The molecule has 1 aromatic carbocycles. The van der Waals surface area contributed by atoms with Crippen molar-refractivity contribution in [3.63, 3.8) is 0 Å². The maximum Gasteiger partial charge on any atom is 0.409 e. The molecule has 11 heteroatoms. The molecule has 1 aromatic rings. The normalized spacial score (nSPS) is 20.1. The van der Waals surface area contributed by atoms with Gasteiger partial charge in [0.25, 0.3) is 10.2 Å². The summed E-state index contributed by atoms with van der Waals surface area (Å²) in [6.07, 6.45) is -0.425. The lowest BCUT2D eigenvalue weighted by Crippen LogP contribution is -2.54. The molecule has 9 nitrogen and oxygen atoms in total. The monoisotopic (exact) mass is 444 g/mol. The van der Waals surface area contributed by atoms with Gasteiger partial charge >= 0.3 is 6.09 Å². The molecule has 0 aliphatic carbocycles. The van der Waals surface area contributed by atoms with Crippen molar-refractivity contribution in [3.8, 4) is 0 Å². The minimum absolute atomic E-state index is 0.159. The molecule has 0 radical (unpaired) electrons. The van der Waals surface area contributed by atoms with Crippen LogP contribution in [0.4, 0.5) is 9.18 Å². The van der Waals surface area contributed by atoms with Gasteiger partial charge in [-0.25, -0.2) is 13.9 Å². The van der Waals surface area contributed by atoms with Crippen LogP contribution in [-0.2, 0) is 19.7 Å². The Labute approximate surface area is 176 Å². The molecule has 0 bridgehead atoms. The molecule has 0 saturated carbocycles. The minimum atomic E-state index is -3.72. The van der Waals surface area contributed by atoms with Crippen LogP contribution in [0, 0.1) is 5.82 Å². The van der Waals surface area contributed by atoms with Gasteiger partial charge in [-0.05, 0) is 24.6 Å². The summed E-state index contributed by atoms with van der Waals surface area (Å²) < 4.78 is 53.4. The molecular weight excluding hydrogens is 415 g/mol. The fourth-order valence-electron chi connectivity index (χ4n) is 3.63. The second kappa shape index (κ2) is 10.5. The van der Waals surface area contributed by atoms with E-state index in [0.717, 1.165) is 5.56 Å². The van der Waals surface area contributed by atoms with Crippen LogP contribution >= 0.6 is 0 Å². The number of hydrogen-bond donors (Lipinski definition) is 1. The number of nitrogens with one attached hydrogen (secondary N) is 1. The van der Waals surface area contributed by atoms with Crippen LogP contribution in [0.2, 0.25) is 0 Å². The Bertz CT molecular complexity index is 794. The number of nitrogens with zero attached hydrogens (tertiary/aromatic N) is 3. The number of ether oxygens (including phenoxy) is 2. The van der Waals surface area contributed by atoms with Gasteiger partial charge in [-0.15, -0.1) is 0 Å². The standard InChI is InChI=1S/C19H29FN4O5S/c1-2-29-19(25)23-7-9-24(10-8-23)30(26,27)21-15-18(22-11-13-28-14-12-22)16-3-5-17(20)6-4-16/h3-6,18,21H,2,7-15H2,1H3. The maximum atomic E-state index is 13.4. The Hall–Kier alpha value is -1.79. The maximum absolute atomic E-state index is 13.4. The predicted molar refractivity (Wildman–Crippen MR) is 109 cm³/mol. The summed E-state index contributed by atoms with van der Waals surface area (Å²) in [5.41, 5.74) is 0.841. The average molecular weight is 445 g/mol. The van der Waals surface area contributed by atoms with E-state index in [2.05, 4.69) is 9.62 Å². The van der Waals surface area contributed by atoms with Crippen molar-refractivity contribution >= 4 is 16.3 Å².